The molecule has 1 aliphatic heterocycles. The normalized spacial score (nSPS) is 14.2. The molecule has 1 unspecified atom stereocenters. The highest BCUT2D eigenvalue weighted by molar-refractivity contribution is 6.30. The van der Waals surface area contributed by atoms with E-state index in [9.17, 15) is 9.59 Å². The maximum Gasteiger partial charge on any atom is 0.254 e. The first-order valence-corrected chi connectivity index (χ1v) is 13.3. The first kappa shape index (κ1) is 27.4. The summed E-state index contributed by atoms with van der Waals surface area (Å²) in [4.78, 5) is 32.0. The average Bonchev–Trinajstić information content (AvgIpc) is 2.97. The van der Waals surface area contributed by atoms with Crippen LogP contribution in [0.5, 0.6) is 5.75 Å². The molecule has 200 valence electrons. The van der Waals surface area contributed by atoms with Crippen LogP contribution in [0.1, 0.15) is 30.6 Å². The molecular weight excluding hydrogens is 502 g/mol. The standard InChI is InChI=1S/C29H34ClN5O3/c1-4-21(2)19-35(29(37)22-8-10-24(30)11-9-22)20-28(36)34-16-14-33(15-17-34)27-13-12-26(31-32-27)23-6-5-7-25(18-23)38-3/h5-13,18,21H,4,14-17,19-20H2,1-3H3. The molecule has 0 aliphatic carbocycles. The molecule has 0 spiro atoms. The fourth-order valence-corrected chi connectivity index (χ4v) is 4.50. The van der Waals surface area contributed by atoms with Crippen LogP contribution in [0.4, 0.5) is 5.82 Å². The Balaban J connectivity index is 1.36. The number of anilines is 1. The molecule has 2 aromatic carbocycles. The van der Waals surface area contributed by atoms with E-state index in [2.05, 4.69) is 28.9 Å². The summed E-state index contributed by atoms with van der Waals surface area (Å²) in [6.07, 6.45) is 0.926. The van der Waals surface area contributed by atoms with Crippen LogP contribution in [0.2, 0.25) is 5.02 Å². The van der Waals surface area contributed by atoms with Crippen molar-refractivity contribution in [2.75, 3.05) is 51.3 Å². The van der Waals surface area contributed by atoms with Gasteiger partial charge in [-0.2, -0.15) is 0 Å². The maximum atomic E-state index is 13.2. The van der Waals surface area contributed by atoms with E-state index in [0.29, 0.717) is 43.3 Å². The molecule has 8 nitrogen and oxygen atoms in total. The minimum absolute atomic E-state index is 0.0466. The lowest BCUT2D eigenvalue weighted by molar-refractivity contribution is -0.132. The molecule has 0 radical (unpaired) electrons. The predicted octanol–water partition coefficient (Wildman–Crippen LogP) is 4.64. The van der Waals surface area contributed by atoms with E-state index in [1.807, 2.05) is 41.3 Å². The molecule has 3 aromatic rings. The van der Waals surface area contributed by atoms with Crippen LogP contribution < -0.4 is 9.64 Å². The lowest BCUT2D eigenvalue weighted by Gasteiger charge is -2.36. The van der Waals surface area contributed by atoms with E-state index in [-0.39, 0.29) is 24.3 Å². The summed E-state index contributed by atoms with van der Waals surface area (Å²) in [5, 5.41) is 9.40. The quantitative estimate of drug-likeness (QED) is 0.397. The number of aromatic nitrogens is 2. The molecule has 0 saturated carbocycles. The lowest BCUT2D eigenvalue weighted by Crippen LogP contribution is -2.52. The van der Waals surface area contributed by atoms with Gasteiger partial charge in [0.1, 0.15) is 12.3 Å². The SMILES string of the molecule is CCC(C)CN(CC(=O)N1CCN(c2ccc(-c3cccc(OC)c3)nn2)CC1)C(=O)c1ccc(Cl)cc1. The third-order valence-electron chi connectivity index (χ3n) is 6.91. The molecule has 0 N–H and O–H groups in total. The summed E-state index contributed by atoms with van der Waals surface area (Å²) in [5.41, 5.74) is 2.24. The first-order chi connectivity index (χ1) is 18.4. The molecule has 1 aromatic heterocycles. The highest BCUT2D eigenvalue weighted by Crippen LogP contribution is 2.23. The molecule has 1 fully saturated rings. The van der Waals surface area contributed by atoms with Crippen molar-refractivity contribution in [2.45, 2.75) is 20.3 Å². The number of nitrogens with zero attached hydrogens (tertiary/aromatic N) is 5. The summed E-state index contributed by atoms with van der Waals surface area (Å²) < 4.78 is 5.30. The van der Waals surface area contributed by atoms with Crippen LogP contribution in [0.15, 0.2) is 60.7 Å². The average molecular weight is 536 g/mol. The third-order valence-corrected chi connectivity index (χ3v) is 7.16. The topological polar surface area (TPSA) is 78.9 Å². The highest BCUT2D eigenvalue weighted by atomic mass is 35.5. The zero-order chi connectivity index (χ0) is 27.1. The van der Waals surface area contributed by atoms with Gasteiger partial charge in [0.05, 0.1) is 12.8 Å². The van der Waals surface area contributed by atoms with Crippen molar-refractivity contribution >= 4 is 29.2 Å². The summed E-state index contributed by atoms with van der Waals surface area (Å²) in [6.45, 7) is 7.17. The number of hydrogen-bond acceptors (Lipinski definition) is 6. The van der Waals surface area contributed by atoms with Gasteiger partial charge in [-0.15, -0.1) is 10.2 Å². The number of carbonyl (C=O) groups is 2. The Morgan fingerprint density at radius 3 is 2.39 bits per heavy atom. The number of hydrogen-bond donors (Lipinski definition) is 0. The van der Waals surface area contributed by atoms with Gasteiger partial charge < -0.3 is 19.4 Å². The number of carbonyl (C=O) groups excluding carboxylic acids is 2. The summed E-state index contributed by atoms with van der Waals surface area (Å²) >= 11 is 5.99. The fraction of sp³-hybridized carbons (Fsp3) is 0.379. The molecule has 4 rings (SSSR count). The number of methoxy groups -OCH3 is 1. The Bertz CT molecular complexity index is 1230. The Morgan fingerprint density at radius 1 is 1.03 bits per heavy atom. The molecule has 2 heterocycles. The zero-order valence-electron chi connectivity index (χ0n) is 22.1. The van der Waals surface area contributed by atoms with Crippen molar-refractivity contribution in [3.63, 3.8) is 0 Å². The van der Waals surface area contributed by atoms with Gasteiger partial charge in [0, 0.05) is 48.9 Å². The van der Waals surface area contributed by atoms with E-state index in [1.54, 1.807) is 36.3 Å². The second-order valence-corrected chi connectivity index (χ2v) is 10.0. The van der Waals surface area contributed by atoms with E-state index in [4.69, 9.17) is 16.3 Å². The van der Waals surface area contributed by atoms with Gasteiger partial charge in [-0.25, -0.2) is 0 Å². The molecule has 1 saturated heterocycles. The molecule has 1 aliphatic rings. The van der Waals surface area contributed by atoms with Crippen molar-refractivity contribution < 1.29 is 14.3 Å². The van der Waals surface area contributed by atoms with Crippen molar-refractivity contribution in [1.29, 1.82) is 0 Å². The van der Waals surface area contributed by atoms with Crippen LogP contribution >= 0.6 is 11.6 Å². The number of benzene rings is 2. The minimum atomic E-state index is -0.152. The van der Waals surface area contributed by atoms with Crippen molar-refractivity contribution in [3.8, 4) is 17.0 Å². The van der Waals surface area contributed by atoms with Gasteiger partial charge in [-0.05, 0) is 54.4 Å². The highest BCUT2D eigenvalue weighted by Gasteiger charge is 2.26. The van der Waals surface area contributed by atoms with Crippen LogP contribution in [0, 0.1) is 5.92 Å². The van der Waals surface area contributed by atoms with Gasteiger partial charge in [-0.1, -0.05) is 44.0 Å². The van der Waals surface area contributed by atoms with Crippen molar-refractivity contribution in [2.24, 2.45) is 5.92 Å². The summed E-state index contributed by atoms with van der Waals surface area (Å²) in [6, 6.07) is 18.4. The number of halogens is 1. The van der Waals surface area contributed by atoms with Crippen LogP contribution in [0.25, 0.3) is 11.3 Å². The molecule has 9 heteroatoms. The second-order valence-electron chi connectivity index (χ2n) is 9.58. The van der Waals surface area contributed by atoms with Gasteiger partial charge in [0.25, 0.3) is 5.91 Å². The number of ether oxygens (including phenoxy) is 1. The molecule has 0 bridgehead atoms. The molecular formula is C29H34ClN5O3. The monoisotopic (exact) mass is 535 g/mol. The number of piperazine rings is 1. The smallest absolute Gasteiger partial charge is 0.254 e. The van der Waals surface area contributed by atoms with E-state index < -0.39 is 0 Å². The van der Waals surface area contributed by atoms with E-state index in [0.717, 1.165) is 29.2 Å². The molecule has 1 atom stereocenters. The van der Waals surface area contributed by atoms with Crippen LogP contribution in [0.3, 0.4) is 0 Å². The Morgan fingerprint density at radius 2 is 1.76 bits per heavy atom. The molecule has 38 heavy (non-hydrogen) atoms. The van der Waals surface area contributed by atoms with Gasteiger partial charge in [0.2, 0.25) is 5.91 Å². The third kappa shape index (κ3) is 6.81. The van der Waals surface area contributed by atoms with Gasteiger partial charge in [0.15, 0.2) is 5.82 Å². The largest absolute Gasteiger partial charge is 0.497 e. The van der Waals surface area contributed by atoms with E-state index >= 15 is 0 Å². The number of amides is 2. The maximum absolute atomic E-state index is 13.2. The van der Waals surface area contributed by atoms with Gasteiger partial charge >= 0.3 is 0 Å². The zero-order valence-corrected chi connectivity index (χ0v) is 22.9. The second kappa shape index (κ2) is 12.7. The summed E-state index contributed by atoms with van der Waals surface area (Å²) in [5.74, 6) is 1.64. The Hall–Kier alpha value is -3.65. The predicted molar refractivity (Wildman–Crippen MR) is 150 cm³/mol. The van der Waals surface area contributed by atoms with E-state index in [1.165, 1.54) is 0 Å². The minimum Gasteiger partial charge on any atom is -0.497 e. The fourth-order valence-electron chi connectivity index (χ4n) is 4.38. The lowest BCUT2D eigenvalue weighted by atomic mass is 10.1. The van der Waals surface area contributed by atoms with Crippen molar-refractivity contribution in [3.05, 3.63) is 71.2 Å². The Labute approximate surface area is 229 Å². The van der Waals surface area contributed by atoms with Crippen molar-refractivity contribution in [1.82, 2.24) is 20.0 Å². The first-order valence-electron chi connectivity index (χ1n) is 12.9. The molecule has 2 amide bonds. The van der Waals surface area contributed by atoms with Crippen LogP contribution in [-0.2, 0) is 4.79 Å². The Kier molecular flexibility index (Phi) is 9.18. The van der Waals surface area contributed by atoms with Crippen LogP contribution in [-0.4, -0.2) is 78.2 Å². The van der Waals surface area contributed by atoms with Gasteiger partial charge in [-0.3, -0.25) is 9.59 Å². The summed E-state index contributed by atoms with van der Waals surface area (Å²) in [7, 11) is 1.64. The number of rotatable bonds is 9.